The van der Waals surface area contributed by atoms with Crippen molar-refractivity contribution in [2.45, 2.75) is 6.42 Å². The lowest BCUT2D eigenvalue weighted by molar-refractivity contribution is -0.384. The number of nitro groups is 1. The molecular formula is C19H20ClN3O5. The fraction of sp³-hybridized carbons (Fsp3) is 0.316. The van der Waals surface area contributed by atoms with Crippen molar-refractivity contribution in [1.29, 1.82) is 0 Å². The van der Waals surface area contributed by atoms with Crippen LogP contribution in [0.15, 0.2) is 30.3 Å². The average molecular weight is 406 g/mol. The van der Waals surface area contributed by atoms with Crippen molar-refractivity contribution in [2.75, 3.05) is 38.8 Å². The van der Waals surface area contributed by atoms with Crippen molar-refractivity contribution in [3.05, 3.63) is 56.6 Å². The fourth-order valence-corrected chi connectivity index (χ4v) is 3.22. The number of fused-ring (bicyclic) bond motifs is 1. The first-order chi connectivity index (χ1) is 13.4. The van der Waals surface area contributed by atoms with Gasteiger partial charge in [0.2, 0.25) is 0 Å². The van der Waals surface area contributed by atoms with Crippen LogP contribution in [0.2, 0.25) is 5.02 Å². The number of nitrogens with zero attached hydrogens (tertiary/aromatic N) is 2. The number of ether oxygens (including phenoxy) is 2. The van der Waals surface area contributed by atoms with Crippen LogP contribution in [0.25, 0.3) is 0 Å². The lowest BCUT2D eigenvalue weighted by atomic mass is 10.1. The van der Waals surface area contributed by atoms with E-state index >= 15 is 0 Å². The third-order valence-electron chi connectivity index (χ3n) is 4.27. The average Bonchev–Trinajstić information content (AvgIpc) is 2.67. The number of hydrogen-bond acceptors (Lipinski definition) is 6. The molecule has 1 amide bonds. The Kier molecular flexibility index (Phi) is 5.89. The van der Waals surface area contributed by atoms with E-state index in [4.69, 9.17) is 21.1 Å². The Morgan fingerprint density at radius 3 is 2.71 bits per heavy atom. The van der Waals surface area contributed by atoms with Crippen LogP contribution >= 0.6 is 11.6 Å². The molecule has 0 aromatic heterocycles. The van der Waals surface area contributed by atoms with E-state index in [1.54, 1.807) is 31.1 Å². The van der Waals surface area contributed by atoms with Crippen molar-refractivity contribution < 1.29 is 19.2 Å². The van der Waals surface area contributed by atoms with Crippen LogP contribution in [0.4, 0.5) is 11.4 Å². The first kappa shape index (κ1) is 19.8. The van der Waals surface area contributed by atoms with Crippen molar-refractivity contribution in [2.24, 2.45) is 0 Å². The molecule has 8 nitrogen and oxygen atoms in total. The van der Waals surface area contributed by atoms with Crippen molar-refractivity contribution in [1.82, 2.24) is 5.32 Å². The number of carbonyl (C=O) groups excluding carboxylic acids is 1. The highest BCUT2D eigenvalue weighted by Gasteiger charge is 2.19. The third-order valence-corrected chi connectivity index (χ3v) is 4.55. The van der Waals surface area contributed by atoms with E-state index in [0.29, 0.717) is 48.4 Å². The van der Waals surface area contributed by atoms with Crippen LogP contribution in [0.1, 0.15) is 15.9 Å². The van der Waals surface area contributed by atoms with E-state index in [1.165, 1.54) is 12.1 Å². The van der Waals surface area contributed by atoms with Gasteiger partial charge in [0.1, 0.15) is 13.2 Å². The molecule has 0 bridgehead atoms. The zero-order chi connectivity index (χ0) is 20.3. The number of nitrogens with one attached hydrogen (secondary N) is 1. The molecule has 1 aliphatic rings. The minimum Gasteiger partial charge on any atom is -0.486 e. The summed E-state index contributed by atoms with van der Waals surface area (Å²) < 4.78 is 11.0. The van der Waals surface area contributed by atoms with Crippen LogP contribution in [-0.4, -0.2) is 44.7 Å². The second-order valence-corrected chi connectivity index (χ2v) is 6.87. The maximum absolute atomic E-state index is 12.6. The first-order valence-electron chi connectivity index (χ1n) is 8.69. The first-order valence-corrected chi connectivity index (χ1v) is 9.06. The molecule has 2 aromatic carbocycles. The standard InChI is InChI=1S/C19H20ClN3O5/c1-22(2)16-4-3-13(23(25)26)11-14(16)19(24)21-6-5-12-9-15(20)18-17(10-12)27-7-8-28-18/h3-4,9-11H,5-8H2,1-2H3,(H,21,24). The molecule has 1 aliphatic heterocycles. The molecule has 0 saturated carbocycles. The molecule has 0 fully saturated rings. The van der Waals surface area contributed by atoms with Gasteiger partial charge in [0.15, 0.2) is 11.5 Å². The molecule has 2 aromatic rings. The van der Waals surface area contributed by atoms with E-state index in [0.717, 1.165) is 5.56 Å². The highest BCUT2D eigenvalue weighted by Crippen LogP contribution is 2.38. The Hall–Kier alpha value is -3.00. The molecule has 0 atom stereocenters. The van der Waals surface area contributed by atoms with Gasteiger partial charge in [-0.15, -0.1) is 0 Å². The van der Waals surface area contributed by atoms with E-state index in [1.807, 2.05) is 6.07 Å². The molecule has 0 unspecified atom stereocenters. The van der Waals surface area contributed by atoms with E-state index in [-0.39, 0.29) is 17.2 Å². The Labute approximate surface area is 167 Å². The zero-order valence-corrected chi connectivity index (χ0v) is 16.3. The maximum Gasteiger partial charge on any atom is 0.270 e. The van der Waals surface area contributed by atoms with Gasteiger partial charge in [0.25, 0.3) is 11.6 Å². The highest BCUT2D eigenvalue weighted by atomic mass is 35.5. The largest absolute Gasteiger partial charge is 0.486 e. The number of carbonyl (C=O) groups is 1. The van der Waals surface area contributed by atoms with Crippen LogP contribution < -0.4 is 19.7 Å². The molecule has 0 saturated heterocycles. The summed E-state index contributed by atoms with van der Waals surface area (Å²) in [6.45, 7) is 1.26. The second-order valence-electron chi connectivity index (χ2n) is 6.46. The minimum atomic E-state index is -0.520. The molecular weight excluding hydrogens is 386 g/mol. The van der Waals surface area contributed by atoms with Gasteiger partial charge in [-0.05, 0) is 30.2 Å². The van der Waals surface area contributed by atoms with Gasteiger partial charge in [-0.25, -0.2) is 0 Å². The number of non-ortho nitro benzene ring substituents is 1. The predicted octanol–water partition coefficient (Wildman–Crippen LogP) is 3.06. The van der Waals surface area contributed by atoms with Crippen LogP contribution in [0.3, 0.4) is 0 Å². The van der Waals surface area contributed by atoms with Gasteiger partial charge in [0.05, 0.1) is 15.5 Å². The highest BCUT2D eigenvalue weighted by molar-refractivity contribution is 6.32. The zero-order valence-electron chi connectivity index (χ0n) is 15.5. The van der Waals surface area contributed by atoms with Crippen molar-refractivity contribution in [3.63, 3.8) is 0 Å². The number of halogens is 1. The predicted molar refractivity (Wildman–Crippen MR) is 106 cm³/mol. The van der Waals surface area contributed by atoms with E-state index in [9.17, 15) is 14.9 Å². The summed E-state index contributed by atoms with van der Waals surface area (Å²) in [5, 5.41) is 14.3. The normalized spacial score (nSPS) is 12.4. The number of amides is 1. The Bertz CT molecular complexity index is 917. The summed E-state index contributed by atoms with van der Waals surface area (Å²) in [4.78, 5) is 24.8. The van der Waals surface area contributed by atoms with Crippen molar-refractivity contribution in [3.8, 4) is 11.5 Å². The van der Waals surface area contributed by atoms with Gasteiger partial charge in [-0.3, -0.25) is 14.9 Å². The third kappa shape index (κ3) is 4.28. The smallest absolute Gasteiger partial charge is 0.270 e. The Morgan fingerprint density at radius 2 is 2.00 bits per heavy atom. The molecule has 1 N–H and O–H groups in total. The maximum atomic E-state index is 12.6. The number of nitro benzene ring substituents is 1. The van der Waals surface area contributed by atoms with Crippen LogP contribution in [0, 0.1) is 10.1 Å². The molecule has 9 heteroatoms. The summed E-state index contributed by atoms with van der Waals surface area (Å²) in [5.74, 6) is 0.748. The number of rotatable bonds is 6. The monoisotopic (exact) mass is 405 g/mol. The molecule has 3 rings (SSSR count). The van der Waals surface area contributed by atoms with Gasteiger partial charge in [-0.1, -0.05) is 11.6 Å². The Morgan fingerprint density at radius 1 is 1.25 bits per heavy atom. The summed E-state index contributed by atoms with van der Waals surface area (Å²) in [5.41, 5.74) is 1.61. The minimum absolute atomic E-state index is 0.130. The topological polar surface area (TPSA) is 93.9 Å². The molecule has 1 heterocycles. The quantitative estimate of drug-likeness (QED) is 0.586. The van der Waals surface area contributed by atoms with Crippen LogP contribution in [0.5, 0.6) is 11.5 Å². The molecule has 28 heavy (non-hydrogen) atoms. The molecule has 0 spiro atoms. The van der Waals surface area contributed by atoms with Gasteiger partial charge >= 0.3 is 0 Å². The van der Waals surface area contributed by atoms with Crippen LogP contribution in [-0.2, 0) is 6.42 Å². The van der Waals surface area contributed by atoms with Gasteiger partial charge in [0, 0.05) is 38.5 Å². The lowest BCUT2D eigenvalue weighted by Crippen LogP contribution is -2.27. The molecule has 0 aliphatic carbocycles. The number of benzene rings is 2. The SMILES string of the molecule is CN(C)c1ccc([N+](=O)[O-])cc1C(=O)NCCc1cc(Cl)c2c(c1)OCCO2. The Balaban J connectivity index is 1.70. The summed E-state index contributed by atoms with van der Waals surface area (Å²) in [6, 6.07) is 7.84. The second kappa shape index (κ2) is 8.35. The summed E-state index contributed by atoms with van der Waals surface area (Å²) >= 11 is 6.23. The van der Waals surface area contributed by atoms with E-state index < -0.39 is 4.92 Å². The summed E-state index contributed by atoms with van der Waals surface area (Å²) in [7, 11) is 3.55. The van der Waals surface area contributed by atoms with Crippen molar-refractivity contribution >= 4 is 28.9 Å². The lowest BCUT2D eigenvalue weighted by Gasteiger charge is -2.20. The van der Waals surface area contributed by atoms with Gasteiger partial charge < -0.3 is 19.7 Å². The fourth-order valence-electron chi connectivity index (χ4n) is 2.93. The molecule has 148 valence electrons. The van der Waals surface area contributed by atoms with Gasteiger partial charge in [-0.2, -0.15) is 0 Å². The summed E-state index contributed by atoms with van der Waals surface area (Å²) in [6.07, 6.45) is 0.522. The number of anilines is 1. The van der Waals surface area contributed by atoms with E-state index in [2.05, 4.69) is 5.32 Å². The molecule has 0 radical (unpaired) electrons. The number of hydrogen-bond donors (Lipinski definition) is 1.